The van der Waals surface area contributed by atoms with Gasteiger partial charge >= 0.3 is 5.97 Å². The first kappa shape index (κ1) is 15.6. The average Bonchev–Trinajstić information content (AvgIpc) is 2.71. The van der Waals surface area contributed by atoms with Crippen LogP contribution in [-0.2, 0) is 17.8 Å². The number of carbonyl (C=O) groups is 1. The number of carboxylic acids is 1. The highest BCUT2D eigenvalue weighted by atomic mass is 16.5. The molecule has 1 heterocycles. The summed E-state index contributed by atoms with van der Waals surface area (Å²) in [5, 5.41) is 13.1. The van der Waals surface area contributed by atoms with Gasteiger partial charge in [0.1, 0.15) is 5.54 Å². The van der Waals surface area contributed by atoms with E-state index in [9.17, 15) is 9.90 Å². The Morgan fingerprint density at radius 3 is 2.58 bits per heavy atom. The Labute approximate surface area is 113 Å². The van der Waals surface area contributed by atoms with Gasteiger partial charge in [-0.05, 0) is 26.3 Å². The predicted octanol–water partition coefficient (Wildman–Crippen LogP) is 1.95. The lowest BCUT2D eigenvalue weighted by Crippen LogP contribution is -2.49. The average molecular weight is 269 g/mol. The minimum atomic E-state index is -0.951. The fourth-order valence-corrected chi connectivity index (χ4v) is 1.80. The maximum Gasteiger partial charge on any atom is 0.323 e. The van der Waals surface area contributed by atoms with Crippen molar-refractivity contribution in [3.63, 3.8) is 0 Å². The van der Waals surface area contributed by atoms with Crippen molar-refractivity contribution in [1.82, 2.24) is 15.0 Å². The summed E-state index contributed by atoms with van der Waals surface area (Å²) in [5.74, 6) is 0.729. The van der Waals surface area contributed by atoms with Crippen molar-refractivity contribution in [2.45, 2.75) is 53.1 Å². The molecule has 0 unspecified atom stereocenters. The van der Waals surface area contributed by atoms with Gasteiger partial charge in [-0.15, -0.1) is 0 Å². The van der Waals surface area contributed by atoms with Crippen LogP contribution in [0.1, 0.15) is 46.3 Å². The molecule has 0 aromatic carbocycles. The van der Waals surface area contributed by atoms with Gasteiger partial charge in [0, 0.05) is 6.42 Å². The van der Waals surface area contributed by atoms with E-state index >= 15 is 0 Å². The summed E-state index contributed by atoms with van der Waals surface area (Å²) >= 11 is 0. The van der Waals surface area contributed by atoms with Crippen molar-refractivity contribution in [2.75, 3.05) is 6.54 Å². The molecule has 1 rings (SSSR count). The number of hydrogen-bond acceptors (Lipinski definition) is 5. The zero-order valence-electron chi connectivity index (χ0n) is 12.3. The van der Waals surface area contributed by atoms with Crippen molar-refractivity contribution in [3.05, 3.63) is 11.7 Å². The van der Waals surface area contributed by atoms with E-state index in [4.69, 9.17) is 4.52 Å². The second-order valence-corrected chi connectivity index (χ2v) is 5.58. The number of likely N-dealkylation sites (N-methyl/N-ethyl adjacent to an activating group) is 1. The number of carboxylic acid groups (broad SMARTS) is 1. The molecule has 6 nitrogen and oxygen atoms in total. The lowest BCUT2D eigenvalue weighted by molar-refractivity contribution is -0.149. The van der Waals surface area contributed by atoms with Gasteiger partial charge in [-0.1, -0.05) is 25.9 Å². The van der Waals surface area contributed by atoms with E-state index in [0.717, 1.165) is 6.42 Å². The molecule has 6 heteroatoms. The van der Waals surface area contributed by atoms with Gasteiger partial charge in [-0.25, -0.2) is 0 Å². The smallest absolute Gasteiger partial charge is 0.323 e. The highest BCUT2D eigenvalue weighted by Crippen LogP contribution is 2.17. The molecule has 0 bridgehead atoms. The Kier molecular flexibility index (Phi) is 5.05. The maximum atomic E-state index is 11.3. The van der Waals surface area contributed by atoms with Gasteiger partial charge in [0.2, 0.25) is 5.89 Å². The third kappa shape index (κ3) is 4.02. The molecule has 0 aliphatic rings. The summed E-state index contributed by atoms with van der Waals surface area (Å²) in [6.45, 7) is 10.4. The van der Waals surface area contributed by atoms with Gasteiger partial charge in [0.25, 0.3) is 0 Å². The minimum Gasteiger partial charge on any atom is -0.480 e. The van der Waals surface area contributed by atoms with Gasteiger partial charge in [-0.2, -0.15) is 4.98 Å². The number of aliphatic carboxylic acids is 1. The van der Waals surface area contributed by atoms with Crippen LogP contribution in [0.15, 0.2) is 4.52 Å². The van der Waals surface area contributed by atoms with E-state index in [2.05, 4.69) is 24.0 Å². The van der Waals surface area contributed by atoms with Gasteiger partial charge in [0.05, 0.1) is 6.54 Å². The van der Waals surface area contributed by atoms with Crippen molar-refractivity contribution in [2.24, 2.45) is 5.92 Å². The summed E-state index contributed by atoms with van der Waals surface area (Å²) in [6.07, 6.45) is 0.738. The third-order valence-electron chi connectivity index (χ3n) is 3.12. The van der Waals surface area contributed by atoms with E-state index in [1.54, 1.807) is 18.7 Å². The molecule has 1 aromatic heterocycles. The molecule has 19 heavy (non-hydrogen) atoms. The predicted molar refractivity (Wildman–Crippen MR) is 70.6 cm³/mol. The molecule has 0 radical (unpaired) electrons. The van der Waals surface area contributed by atoms with Crippen LogP contribution in [-0.4, -0.2) is 38.2 Å². The van der Waals surface area contributed by atoms with Crippen LogP contribution in [0.3, 0.4) is 0 Å². The van der Waals surface area contributed by atoms with E-state index in [1.165, 1.54) is 0 Å². The Morgan fingerprint density at radius 2 is 2.11 bits per heavy atom. The molecular formula is C13H23N3O3. The summed E-state index contributed by atoms with van der Waals surface area (Å²) in [6, 6.07) is 0. The molecule has 0 saturated carbocycles. The van der Waals surface area contributed by atoms with E-state index in [-0.39, 0.29) is 0 Å². The first-order valence-electron chi connectivity index (χ1n) is 6.57. The number of aromatic nitrogens is 2. The second kappa shape index (κ2) is 6.14. The Bertz CT molecular complexity index is 427. The van der Waals surface area contributed by atoms with Crippen LogP contribution < -0.4 is 0 Å². The standard InChI is InChI=1S/C13H23N3O3/c1-6-16(13(4,5)12(17)18)8-10-14-11(19-15-10)7-9(2)3/h9H,6-8H2,1-5H3,(H,17,18). The first-order valence-corrected chi connectivity index (χ1v) is 6.57. The largest absolute Gasteiger partial charge is 0.480 e. The minimum absolute atomic E-state index is 0.372. The van der Waals surface area contributed by atoms with Gasteiger partial charge in [-0.3, -0.25) is 9.69 Å². The van der Waals surface area contributed by atoms with Crippen LogP contribution in [0.4, 0.5) is 0 Å². The molecular weight excluding hydrogens is 246 g/mol. The molecule has 1 aromatic rings. The zero-order valence-corrected chi connectivity index (χ0v) is 12.3. The number of rotatable bonds is 7. The van der Waals surface area contributed by atoms with Crippen molar-refractivity contribution in [1.29, 1.82) is 0 Å². The van der Waals surface area contributed by atoms with Gasteiger partial charge < -0.3 is 9.63 Å². The molecule has 0 fully saturated rings. The van der Waals surface area contributed by atoms with Crippen molar-refractivity contribution >= 4 is 5.97 Å². The van der Waals surface area contributed by atoms with Crippen LogP contribution in [0.2, 0.25) is 0 Å². The molecule has 108 valence electrons. The Balaban J connectivity index is 2.76. The van der Waals surface area contributed by atoms with E-state index in [1.807, 2.05) is 6.92 Å². The van der Waals surface area contributed by atoms with Crippen molar-refractivity contribution in [3.8, 4) is 0 Å². The van der Waals surface area contributed by atoms with Crippen molar-refractivity contribution < 1.29 is 14.4 Å². The lowest BCUT2D eigenvalue weighted by atomic mass is 10.0. The molecule has 0 atom stereocenters. The number of nitrogens with zero attached hydrogens (tertiary/aromatic N) is 3. The fourth-order valence-electron chi connectivity index (χ4n) is 1.80. The van der Waals surface area contributed by atoms with Crippen LogP contribution in [0.5, 0.6) is 0 Å². The molecule has 0 aliphatic heterocycles. The Morgan fingerprint density at radius 1 is 1.47 bits per heavy atom. The summed E-state index contributed by atoms with van der Waals surface area (Å²) in [5.41, 5.74) is -0.951. The monoisotopic (exact) mass is 269 g/mol. The summed E-state index contributed by atoms with van der Waals surface area (Å²) in [4.78, 5) is 17.4. The Hall–Kier alpha value is -1.43. The van der Waals surface area contributed by atoms with E-state index in [0.29, 0.717) is 30.7 Å². The molecule has 0 saturated heterocycles. The molecule has 0 spiro atoms. The van der Waals surface area contributed by atoms with Crippen LogP contribution >= 0.6 is 0 Å². The zero-order chi connectivity index (χ0) is 14.6. The first-order chi connectivity index (χ1) is 8.77. The molecule has 1 N–H and O–H groups in total. The third-order valence-corrected chi connectivity index (χ3v) is 3.12. The van der Waals surface area contributed by atoms with Gasteiger partial charge in [0.15, 0.2) is 5.82 Å². The second-order valence-electron chi connectivity index (χ2n) is 5.58. The number of hydrogen-bond donors (Lipinski definition) is 1. The summed E-state index contributed by atoms with van der Waals surface area (Å²) in [7, 11) is 0. The highest BCUT2D eigenvalue weighted by molar-refractivity contribution is 5.77. The quantitative estimate of drug-likeness (QED) is 0.815. The topological polar surface area (TPSA) is 79.5 Å². The fraction of sp³-hybridized carbons (Fsp3) is 0.769. The molecule has 0 aliphatic carbocycles. The summed E-state index contributed by atoms with van der Waals surface area (Å²) < 4.78 is 5.16. The normalized spacial score (nSPS) is 12.4. The SMILES string of the molecule is CCN(Cc1noc(CC(C)C)n1)C(C)(C)C(=O)O. The van der Waals surface area contributed by atoms with Crippen LogP contribution in [0, 0.1) is 5.92 Å². The maximum absolute atomic E-state index is 11.3. The highest BCUT2D eigenvalue weighted by Gasteiger charge is 2.34. The van der Waals surface area contributed by atoms with E-state index < -0.39 is 11.5 Å². The molecule has 0 amide bonds. The lowest BCUT2D eigenvalue weighted by Gasteiger charge is -2.32. The van der Waals surface area contributed by atoms with Crippen LogP contribution in [0.25, 0.3) is 0 Å².